The lowest BCUT2D eigenvalue weighted by Gasteiger charge is -2.18. The molecule has 0 rings (SSSR count). The minimum Gasteiger partial charge on any atom is -0.462 e. The molecule has 0 aliphatic carbocycles. The third-order valence-corrected chi connectivity index (χ3v) is 11.7. The van der Waals surface area contributed by atoms with E-state index in [2.05, 4.69) is 57.2 Å². The highest BCUT2D eigenvalue weighted by atomic mass is 16.6. The molecule has 0 aromatic carbocycles. The maximum atomic E-state index is 12.8. The fourth-order valence-corrected chi connectivity index (χ4v) is 7.69. The molecule has 61 heavy (non-hydrogen) atoms. The molecule has 0 aliphatic heterocycles. The second-order valence-electron chi connectivity index (χ2n) is 17.8. The minimum absolute atomic E-state index is 0.0694. The quantitative estimate of drug-likeness (QED) is 0.0262. The van der Waals surface area contributed by atoms with Gasteiger partial charge in [-0.15, -0.1) is 0 Å². The van der Waals surface area contributed by atoms with Crippen molar-refractivity contribution in [2.24, 2.45) is 0 Å². The van der Waals surface area contributed by atoms with Gasteiger partial charge in [-0.05, 0) is 51.4 Å². The first-order valence-corrected chi connectivity index (χ1v) is 26.5. The lowest BCUT2D eigenvalue weighted by Crippen LogP contribution is -2.30. The number of carbonyl (C=O) groups is 3. The van der Waals surface area contributed by atoms with Crippen LogP contribution in [-0.4, -0.2) is 37.2 Å². The first-order valence-electron chi connectivity index (χ1n) is 26.5. The van der Waals surface area contributed by atoms with Crippen molar-refractivity contribution < 1.29 is 28.6 Å². The van der Waals surface area contributed by atoms with E-state index < -0.39 is 6.10 Å². The van der Waals surface area contributed by atoms with Gasteiger partial charge in [0.2, 0.25) is 0 Å². The topological polar surface area (TPSA) is 78.9 Å². The number of hydrogen-bond acceptors (Lipinski definition) is 6. The lowest BCUT2D eigenvalue weighted by atomic mass is 10.0. The van der Waals surface area contributed by atoms with Crippen LogP contribution in [0.4, 0.5) is 0 Å². The van der Waals surface area contributed by atoms with E-state index in [9.17, 15) is 14.4 Å². The van der Waals surface area contributed by atoms with Crippen molar-refractivity contribution in [3.63, 3.8) is 0 Å². The van der Waals surface area contributed by atoms with Crippen LogP contribution in [0.1, 0.15) is 278 Å². The summed E-state index contributed by atoms with van der Waals surface area (Å²) in [5, 5.41) is 0. The van der Waals surface area contributed by atoms with Gasteiger partial charge in [0.1, 0.15) is 13.2 Å². The van der Waals surface area contributed by atoms with Crippen LogP contribution in [0, 0.1) is 0 Å². The van der Waals surface area contributed by atoms with E-state index in [0.29, 0.717) is 19.3 Å². The van der Waals surface area contributed by atoms with E-state index in [1.165, 1.54) is 161 Å². The minimum atomic E-state index is -0.768. The van der Waals surface area contributed by atoms with Crippen LogP contribution in [0.25, 0.3) is 0 Å². The first-order chi connectivity index (χ1) is 30.0. The van der Waals surface area contributed by atoms with Crippen molar-refractivity contribution in [1.29, 1.82) is 0 Å². The molecule has 0 saturated carbocycles. The predicted octanol–water partition coefficient (Wildman–Crippen LogP) is 17.3. The number of ether oxygens (including phenoxy) is 3. The first kappa shape index (κ1) is 58.6. The summed E-state index contributed by atoms with van der Waals surface area (Å²) in [4.78, 5) is 37.9. The van der Waals surface area contributed by atoms with Crippen molar-refractivity contribution in [2.75, 3.05) is 13.2 Å². The molecule has 0 aromatic rings. The predicted molar refractivity (Wildman–Crippen MR) is 261 cm³/mol. The molecular formula is C55H100O6. The highest BCUT2D eigenvalue weighted by Crippen LogP contribution is 2.16. The maximum absolute atomic E-state index is 12.8. The van der Waals surface area contributed by atoms with Crippen LogP contribution in [0.2, 0.25) is 0 Å². The van der Waals surface area contributed by atoms with Crippen molar-refractivity contribution in [1.82, 2.24) is 0 Å². The number of hydrogen-bond donors (Lipinski definition) is 0. The monoisotopic (exact) mass is 857 g/mol. The van der Waals surface area contributed by atoms with Gasteiger partial charge in [0, 0.05) is 19.3 Å². The average Bonchev–Trinajstić information content (AvgIpc) is 3.26. The third kappa shape index (κ3) is 48.5. The Bertz CT molecular complexity index is 1030. The van der Waals surface area contributed by atoms with Crippen LogP contribution in [0.5, 0.6) is 0 Å². The van der Waals surface area contributed by atoms with Crippen molar-refractivity contribution in [3.05, 3.63) is 36.5 Å². The summed E-state index contributed by atoms with van der Waals surface area (Å²) in [6, 6.07) is 0. The highest BCUT2D eigenvalue weighted by molar-refractivity contribution is 5.71. The summed E-state index contributed by atoms with van der Waals surface area (Å²) >= 11 is 0. The van der Waals surface area contributed by atoms with Crippen LogP contribution in [0.15, 0.2) is 36.5 Å². The summed E-state index contributed by atoms with van der Waals surface area (Å²) in [6.07, 6.45) is 58.4. The largest absolute Gasteiger partial charge is 0.462 e. The van der Waals surface area contributed by atoms with E-state index in [4.69, 9.17) is 14.2 Å². The zero-order valence-corrected chi connectivity index (χ0v) is 40.7. The Morgan fingerprint density at radius 2 is 0.639 bits per heavy atom. The fraction of sp³-hybridized carbons (Fsp3) is 0.836. The van der Waals surface area contributed by atoms with Crippen molar-refractivity contribution >= 4 is 17.9 Å². The molecule has 0 fully saturated rings. The standard InChI is InChI=1S/C55H100O6/c1-4-7-10-13-16-19-22-24-26-27-28-29-30-32-33-36-39-42-45-48-54(57)60-51-52(50-59-53(56)47-44-41-38-35-21-18-15-12-9-6-3)61-55(58)49-46-43-40-37-34-31-25-23-20-17-14-11-8-5-2/h7,10,16,19,24,26,52H,4-6,8-9,11-15,17-18,20-23,25,27-51H2,1-3H3/b10-7-,19-16-,26-24-. The summed E-state index contributed by atoms with van der Waals surface area (Å²) < 4.78 is 16.8. The van der Waals surface area contributed by atoms with E-state index in [0.717, 1.165) is 77.0 Å². The van der Waals surface area contributed by atoms with Gasteiger partial charge in [-0.2, -0.15) is 0 Å². The number of rotatable bonds is 48. The van der Waals surface area contributed by atoms with Crippen molar-refractivity contribution in [3.8, 4) is 0 Å². The van der Waals surface area contributed by atoms with Crippen molar-refractivity contribution in [2.45, 2.75) is 284 Å². The van der Waals surface area contributed by atoms with Crippen LogP contribution < -0.4 is 0 Å². The smallest absolute Gasteiger partial charge is 0.306 e. The lowest BCUT2D eigenvalue weighted by molar-refractivity contribution is -0.167. The molecule has 0 aromatic heterocycles. The molecule has 0 N–H and O–H groups in total. The number of allylic oxidation sites excluding steroid dienone is 6. The number of carbonyl (C=O) groups excluding carboxylic acids is 3. The summed E-state index contributed by atoms with van der Waals surface area (Å²) in [5.41, 5.74) is 0. The average molecular weight is 857 g/mol. The van der Waals surface area contributed by atoms with E-state index in [1.807, 2.05) is 0 Å². The van der Waals surface area contributed by atoms with E-state index >= 15 is 0 Å². The number of esters is 3. The second-order valence-corrected chi connectivity index (χ2v) is 17.8. The molecule has 0 aliphatic rings. The molecule has 0 amide bonds. The Hall–Kier alpha value is -2.37. The van der Waals surface area contributed by atoms with Gasteiger partial charge in [0.15, 0.2) is 6.10 Å². The van der Waals surface area contributed by atoms with Gasteiger partial charge < -0.3 is 14.2 Å². The van der Waals surface area contributed by atoms with Gasteiger partial charge in [0.05, 0.1) is 0 Å². The van der Waals surface area contributed by atoms with E-state index in [1.54, 1.807) is 0 Å². The molecule has 0 saturated heterocycles. The molecule has 6 nitrogen and oxygen atoms in total. The molecule has 0 heterocycles. The third-order valence-electron chi connectivity index (χ3n) is 11.7. The Kier molecular flexibility index (Phi) is 48.3. The SMILES string of the molecule is CC/C=C\C/C=C\C/C=C\CCCCCCCCCCCC(=O)OCC(COC(=O)CCCCCCCCCCCC)OC(=O)CCCCCCCCCCCCCCCC. The van der Waals surface area contributed by atoms with E-state index in [-0.39, 0.29) is 31.1 Å². The highest BCUT2D eigenvalue weighted by Gasteiger charge is 2.19. The Labute approximate surface area is 378 Å². The molecule has 1 atom stereocenters. The molecular weight excluding hydrogens is 757 g/mol. The summed E-state index contributed by atoms with van der Waals surface area (Å²) in [6.45, 7) is 6.54. The number of unbranched alkanes of at least 4 members (excludes halogenated alkanes) is 31. The molecule has 0 spiro atoms. The molecule has 6 heteroatoms. The Balaban J connectivity index is 4.29. The van der Waals surface area contributed by atoms with Crippen LogP contribution in [0.3, 0.4) is 0 Å². The molecule has 356 valence electrons. The van der Waals surface area contributed by atoms with Gasteiger partial charge in [-0.1, -0.05) is 243 Å². The van der Waals surface area contributed by atoms with Crippen LogP contribution in [-0.2, 0) is 28.6 Å². The van der Waals surface area contributed by atoms with Crippen LogP contribution >= 0.6 is 0 Å². The normalized spacial score (nSPS) is 12.2. The fourth-order valence-electron chi connectivity index (χ4n) is 7.69. The van der Waals surface area contributed by atoms with Gasteiger partial charge in [-0.3, -0.25) is 14.4 Å². The molecule has 1 unspecified atom stereocenters. The van der Waals surface area contributed by atoms with Gasteiger partial charge >= 0.3 is 17.9 Å². The van der Waals surface area contributed by atoms with Gasteiger partial charge in [-0.25, -0.2) is 0 Å². The van der Waals surface area contributed by atoms with Gasteiger partial charge in [0.25, 0.3) is 0 Å². The Morgan fingerprint density at radius 3 is 1.00 bits per heavy atom. The zero-order chi connectivity index (χ0) is 44.4. The Morgan fingerprint density at radius 1 is 0.344 bits per heavy atom. The summed E-state index contributed by atoms with van der Waals surface area (Å²) in [5.74, 6) is -0.863. The molecule has 0 radical (unpaired) electrons. The zero-order valence-electron chi connectivity index (χ0n) is 40.7. The maximum Gasteiger partial charge on any atom is 0.306 e. The summed E-state index contributed by atoms with van der Waals surface area (Å²) in [7, 11) is 0. The second kappa shape index (κ2) is 50.3. The molecule has 0 bridgehead atoms.